The van der Waals surface area contributed by atoms with Crippen LogP contribution in [0.5, 0.6) is 5.75 Å². The van der Waals surface area contributed by atoms with E-state index in [2.05, 4.69) is 5.32 Å². The second kappa shape index (κ2) is 10.8. The monoisotopic (exact) mass is 538 g/mol. The lowest BCUT2D eigenvalue weighted by molar-refractivity contribution is -0.114. The van der Waals surface area contributed by atoms with Gasteiger partial charge in [-0.15, -0.1) is 0 Å². The Labute approximate surface area is 211 Å². The van der Waals surface area contributed by atoms with E-state index in [1.54, 1.807) is 14.1 Å². The molecule has 1 aliphatic heterocycles. The van der Waals surface area contributed by atoms with Gasteiger partial charge in [0.15, 0.2) is 0 Å². The van der Waals surface area contributed by atoms with Crippen molar-refractivity contribution < 1.29 is 31.2 Å². The molecule has 1 heterocycles. The van der Waals surface area contributed by atoms with Crippen molar-refractivity contribution in [3.8, 4) is 5.75 Å². The minimum atomic E-state index is -3.87. The summed E-state index contributed by atoms with van der Waals surface area (Å²) in [5, 5.41) is 2.57. The molecular formula is C23H30N4O7S2. The number of hydrogen-bond acceptors (Lipinski definition) is 7. The Morgan fingerprint density at radius 3 is 2.14 bits per heavy atom. The second-order valence-electron chi connectivity index (χ2n) is 8.54. The van der Waals surface area contributed by atoms with Crippen LogP contribution in [0.3, 0.4) is 0 Å². The molecule has 0 spiro atoms. The highest BCUT2D eigenvalue weighted by molar-refractivity contribution is 7.92. The van der Waals surface area contributed by atoms with E-state index in [-0.39, 0.29) is 27.9 Å². The second-order valence-corrected chi connectivity index (χ2v) is 12.4. The number of benzene rings is 2. The van der Waals surface area contributed by atoms with Crippen LogP contribution in [0, 0.1) is 0 Å². The molecule has 11 nitrogen and oxygen atoms in total. The minimum absolute atomic E-state index is 0.00150. The fourth-order valence-electron chi connectivity index (χ4n) is 3.77. The number of anilines is 2. The maximum atomic E-state index is 12.9. The molecule has 3 rings (SSSR count). The number of amides is 2. The highest BCUT2D eigenvalue weighted by atomic mass is 32.2. The Bertz CT molecular complexity index is 1340. The van der Waals surface area contributed by atoms with Gasteiger partial charge in [-0.2, -0.15) is 4.31 Å². The number of carbonyl (C=O) groups excluding carboxylic acids is 2. The molecule has 2 aromatic carbocycles. The van der Waals surface area contributed by atoms with Crippen LogP contribution in [-0.2, 0) is 24.8 Å². The molecule has 0 aromatic heterocycles. The van der Waals surface area contributed by atoms with E-state index in [1.165, 1.54) is 58.8 Å². The molecule has 0 saturated carbocycles. The first-order valence-corrected chi connectivity index (χ1v) is 14.4. The van der Waals surface area contributed by atoms with E-state index in [0.717, 1.165) is 23.4 Å². The van der Waals surface area contributed by atoms with Crippen molar-refractivity contribution in [1.82, 2.24) is 9.21 Å². The number of nitrogens with one attached hydrogen (secondary N) is 1. The molecule has 2 aromatic rings. The molecule has 0 unspecified atom stereocenters. The lowest BCUT2D eigenvalue weighted by atomic mass is 10.2. The summed E-state index contributed by atoms with van der Waals surface area (Å²) < 4.78 is 58.3. The summed E-state index contributed by atoms with van der Waals surface area (Å²) in [6, 6.07) is 9.97. The SMILES string of the molecule is COc1ccc(S(=O)(=O)N2CCCC2)cc1NC(=O)CN(c1ccc(C(=O)N(C)C)cc1)S(C)(=O)=O. The van der Waals surface area contributed by atoms with Gasteiger partial charge < -0.3 is 15.0 Å². The molecule has 36 heavy (non-hydrogen) atoms. The Kier molecular flexibility index (Phi) is 8.26. The molecule has 0 aliphatic carbocycles. The Morgan fingerprint density at radius 1 is 1.00 bits per heavy atom. The number of carbonyl (C=O) groups is 2. The van der Waals surface area contributed by atoms with Gasteiger partial charge in [0, 0.05) is 32.7 Å². The topological polar surface area (TPSA) is 133 Å². The third-order valence-corrected chi connectivity index (χ3v) is 8.68. The van der Waals surface area contributed by atoms with Gasteiger partial charge in [0.25, 0.3) is 5.91 Å². The van der Waals surface area contributed by atoms with Crippen molar-refractivity contribution in [2.24, 2.45) is 0 Å². The molecule has 2 amide bonds. The van der Waals surface area contributed by atoms with Gasteiger partial charge in [-0.3, -0.25) is 13.9 Å². The normalized spacial score (nSPS) is 14.3. The summed E-state index contributed by atoms with van der Waals surface area (Å²) >= 11 is 0. The average molecular weight is 539 g/mol. The van der Waals surface area contributed by atoms with Crippen LogP contribution < -0.4 is 14.4 Å². The predicted octanol–water partition coefficient (Wildman–Crippen LogP) is 1.59. The zero-order valence-electron chi connectivity index (χ0n) is 20.6. The predicted molar refractivity (Wildman–Crippen MR) is 136 cm³/mol. The van der Waals surface area contributed by atoms with Gasteiger partial charge in [-0.1, -0.05) is 0 Å². The summed E-state index contributed by atoms with van der Waals surface area (Å²) in [4.78, 5) is 26.4. The molecule has 1 aliphatic rings. The average Bonchev–Trinajstić information content (AvgIpc) is 3.37. The number of methoxy groups -OCH3 is 1. The molecule has 0 bridgehead atoms. The number of nitrogens with zero attached hydrogens (tertiary/aromatic N) is 3. The van der Waals surface area contributed by atoms with Crippen LogP contribution in [0.2, 0.25) is 0 Å². The first-order chi connectivity index (χ1) is 16.8. The van der Waals surface area contributed by atoms with E-state index in [1.807, 2.05) is 0 Å². The lowest BCUT2D eigenvalue weighted by Crippen LogP contribution is -2.37. The molecule has 13 heteroatoms. The minimum Gasteiger partial charge on any atom is -0.495 e. The molecule has 0 radical (unpaired) electrons. The van der Waals surface area contributed by atoms with Crippen molar-refractivity contribution in [2.45, 2.75) is 17.7 Å². The van der Waals surface area contributed by atoms with E-state index in [9.17, 15) is 26.4 Å². The van der Waals surface area contributed by atoms with E-state index in [0.29, 0.717) is 18.7 Å². The Morgan fingerprint density at radius 2 is 1.61 bits per heavy atom. The first-order valence-electron chi connectivity index (χ1n) is 11.1. The van der Waals surface area contributed by atoms with Crippen molar-refractivity contribution in [3.05, 3.63) is 48.0 Å². The van der Waals surface area contributed by atoms with Crippen LogP contribution in [0.25, 0.3) is 0 Å². The van der Waals surface area contributed by atoms with E-state index < -0.39 is 32.5 Å². The molecule has 0 atom stereocenters. The van der Waals surface area contributed by atoms with Crippen LogP contribution in [0.4, 0.5) is 11.4 Å². The number of rotatable bonds is 9. The van der Waals surface area contributed by atoms with Crippen molar-refractivity contribution >= 4 is 43.2 Å². The third kappa shape index (κ3) is 6.15. The summed E-state index contributed by atoms with van der Waals surface area (Å²) in [6.07, 6.45) is 2.53. The van der Waals surface area contributed by atoms with Gasteiger partial charge >= 0.3 is 0 Å². The largest absolute Gasteiger partial charge is 0.495 e. The zero-order valence-corrected chi connectivity index (χ0v) is 22.2. The highest BCUT2D eigenvalue weighted by Crippen LogP contribution is 2.30. The summed E-state index contributed by atoms with van der Waals surface area (Å²) in [7, 11) is -3.03. The molecule has 1 saturated heterocycles. The number of sulfonamides is 2. The highest BCUT2D eigenvalue weighted by Gasteiger charge is 2.28. The van der Waals surface area contributed by atoms with Crippen LogP contribution in [-0.4, -0.2) is 85.0 Å². The Balaban J connectivity index is 1.85. The number of ether oxygens (including phenoxy) is 1. The third-order valence-electron chi connectivity index (χ3n) is 5.64. The molecule has 1 N–H and O–H groups in total. The summed E-state index contributed by atoms with van der Waals surface area (Å²) in [6.45, 7) is 0.280. The lowest BCUT2D eigenvalue weighted by Gasteiger charge is -2.23. The van der Waals surface area contributed by atoms with Gasteiger partial charge in [-0.05, 0) is 55.3 Å². The van der Waals surface area contributed by atoms with E-state index in [4.69, 9.17) is 4.74 Å². The quantitative estimate of drug-likeness (QED) is 0.512. The molecule has 196 valence electrons. The van der Waals surface area contributed by atoms with Crippen LogP contribution in [0.15, 0.2) is 47.4 Å². The van der Waals surface area contributed by atoms with Crippen molar-refractivity contribution in [3.63, 3.8) is 0 Å². The van der Waals surface area contributed by atoms with Gasteiger partial charge in [0.2, 0.25) is 26.0 Å². The fourth-order valence-corrected chi connectivity index (χ4v) is 6.17. The first kappa shape index (κ1) is 27.4. The molecular weight excluding hydrogens is 508 g/mol. The van der Waals surface area contributed by atoms with E-state index >= 15 is 0 Å². The van der Waals surface area contributed by atoms with Gasteiger partial charge in [0.05, 0.1) is 29.6 Å². The maximum Gasteiger partial charge on any atom is 0.253 e. The van der Waals surface area contributed by atoms with Gasteiger partial charge in [-0.25, -0.2) is 16.8 Å². The van der Waals surface area contributed by atoms with Crippen LogP contribution in [0.1, 0.15) is 23.2 Å². The smallest absolute Gasteiger partial charge is 0.253 e. The maximum absolute atomic E-state index is 12.9. The summed E-state index contributed by atoms with van der Waals surface area (Å²) in [5.74, 6) is -0.731. The van der Waals surface area contributed by atoms with Crippen molar-refractivity contribution in [2.75, 3.05) is 56.7 Å². The van der Waals surface area contributed by atoms with Gasteiger partial charge in [0.1, 0.15) is 12.3 Å². The number of hydrogen-bond donors (Lipinski definition) is 1. The molecule has 1 fully saturated rings. The standard InChI is InChI=1S/C23H30N4O7S2/c1-25(2)23(29)17-7-9-18(10-8-17)27(35(4,30)31)16-22(28)24-20-15-19(11-12-21(20)34-3)36(32,33)26-13-5-6-14-26/h7-12,15H,5-6,13-14,16H2,1-4H3,(H,24,28). The fraction of sp³-hybridized carbons (Fsp3) is 0.391. The van der Waals surface area contributed by atoms with Crippen molar-refractivity contribution in [1.29, 1.82) is 0 Å². The summed E-state index contributed by atoms with van der Waals surface area (Å²) in [5.41, 5.74) is 0.658. The zero-order chi connectivity index (χ0) is 26.7. The van der Waals surface area contributed by atoms with Crippen LogP contribution >= 0.6 is 0 Å². The Hall–Kier alpha value is -3.16.